The molecule has 0 saturated carbocycles. The minimum absolute atomic E-state index is 0.0203. The van der Waals surface area contributed by atoms with Crippen molar-refractivity contribution < 1.29 is 18.4 Å². The molecule has 0 radical (unpaired) electrons. The summed E-state index contributed by atoms with van der Waals surface area (Å²) < 4.78 is 29.3. The van der Waals surface area contributed by atoms with Crippen molar-refractivity contribution in [3.05, 3.63) is 69.8 Å². The Morgan fingerprint density at radius 3 is 2.42 bits per heavy atom. The topological polar surface area (TPSA) is 88.8 Å². The van der Waals surface area contributed by atoms with Gasteiger partial charge in [0.2, 0.25) is 0 Å². The van der Waals surface area contributed by atoms with Crippen LogP contribution in [0.1, 0.15) is 11.1 Å². The number of hydrogen-bond donors (Lipinski definition) is 2. The van der Waals surface area contributed by atoms with E-state index < -0.39 is 11.5 Å². The van der Waals surface area contributed by atoms with Crippen LogP contribution < -0.4 is 15.4 Å². The van der Waals surface area contributed by atoms with Crippen LogP contribution in [0.4, 0.5) is 14.5 Å². The Morgan fingerprint density at radius 2 is 1.81 bits per heavy atom. The molecule has 0 heterocycles. The molecule has 0 spiro atoms. The first-order chi connectivity index (χ1) is 12.5. The van der Waals surface area contributed by atoms with Crippen molar-refractivity contribution in [3.63, 3.8) is 0 Å². The van der Waals surface area contributed by atoms with Crippen molar-refractivity contribution in [2.75, 3.05) is 7.05 Å². The predicted octanol–water partition coefficient (Wildman–Crippen LogP) is 3.06. The van der Waals surface area contributed by atoms with Gasteiger partial charge in [0.15, 0.2) is 5.96 Å². The van der Waals surface area contributed by atoms with Gasteiger partial charge in [0.1, 0.15) is 5.75 Å². The molecule has 26 heavy (non-hydrogen) atoms. The molecule has 2 rings (SSSR count). The molecule has 0 atom stereocenters. The van der Waals surface area contributed by atoms with E-state index in [4.69, 9.17) is 0 Å². The van der Waals surface area contributed by atoms with E-state index in [1.165, 1.54) is 18.2 Å². The standard InChI is InChI=1S/C17H18F2N4O3/c1-20-17(21-10-12-6-8-14(9-7-12)23(24)25)22-11-13-4-2-3-5-15(13)26-16(18)19/h2-9,16H,10-11H2,1H3,(H2,20,21,22). The van der Waals surface area contributed by atoms with Gasteiger partial charge in [-0.1, -0.05) is 30.3 Å². The smallest absolute Gasteiger partial charge is 0.387 e. The molecule has 7 nitrogen and oxygen atoms in total. The molecule has 0 unspecified atom stereocenters. The third kappa shape index (κ3) is 5.69. The van der Waals surface area contributed by atoms with Gasteiger partial charge in [0.05, 0.1) is 4.92 Å². The Labute approximate surface area is 148 Å². The summed E-state index contributed by atoms with van der Waals surface area (Å²) in [5.41, 5.74) is 1.41. The van der Waals surface area contributed by atoms with Gasteiger partial charge in [-0.25, -0.2) is 0 Å². The first-order valence-corrected chi connectivity index (χ1v) is 7.70. The van der Waals surface area contributed by atoms with E-state index in [1.807, 2.05) is 0 Å². The maximum atomic E-state index is 12.4. The van der Waals surface area contributed by atoms with E-state index >= 15 is 0 Å². The number of nitrogens with one attached hydrogen (secondary N) is 2. The summed E-state index contributed by atoms with van der Waals surface area (Å²) in [6, 6.07) is 12.6. The predicted molar refractivity (Wildman–Crippen MR) is 93.2 cm³/mol. The Kier molecular flexibility index (Phi) is 6.84. The first-order valence-electron chi connectivity index (χ1n) is 7.70. The summed E-state index contributed by atoms with van der Waals surface area (Å²) in [4.78, 5) is 14.2. The number of rotatable bonds is 7. The molecule has 0 aliphatic carbocycles. The molecule has 0 aromatic heterocycles. The van der Waals surface area contributed by atoms with Gasteiger partial charge in [0.25, 0.3) is 5.69 Å². The van der Waals surface area contributed by atoms with E-state index in [-0.39, 0.29) is 18.0 Å². The Hall–Kier alpha value is -3.23. The van der Waals surface area contributed by atoms with Gasteiger partial charge >= 0.3 is 6.61 Å². The van der Waals surface area contributed by atoms with Crippen molar-refractivity contribution in [2.45, 2.75) is 19.7 Å². The zero-order valence-corrected chi connectivity index (χ0v) is 14.0. The number of nitro groups is 1. The molecular formula is C17H18F2N4O3. The number of halogens is 2. The van der Waals surface area contributed by atoms with Gasteiger partial charge < -0.3 is 15.4 Å². The lowest BCUT2D eigenvalue weighted by Crippen LogP contribution is -2.36. The fourth-order valence-electron chi connectivity index (χ4n) is 2.18. The van der Waals surface area contributed by atoms with Crippen LogP contribution in [0.3, 0.4) is 0 Å². The highest BCUT2D eigenvalue weighted by Gasteiger charge is 2.09. The lowest BCUT2D eigenvalue weighted by atomic mass is 10.2. The maximum Gasteiger partial charge on any atom is 0.387 e. The van der Waals surface area contributed by atoms with Crippen molar-refractivity contribution >= 4 is 11.6 Å². The van der Waals surface area contributed by atoms with Crippen molar-refractivity contribution in [1.29, 1.82) is 0 Å². The van der Waals surface area contributed by atoms with Crippen molar-refractivity contribution in [3.8, 4) is 5.75 Å². The number of para-hydroxylation sites is 1. The Bertz CT molecular complexity index is 767. The van der Waals surface area contributed by atoms with E-state index in [0.717, 1.165) is 5.56 Å². The Morgan fingerprint density at radius 1 is 1.15 bits per heavy atom. The minimum atomic E-state index is -2.89. The van der Waals surface area contributed by atoms with Crippen molar-refractivity contribution in [1.82, 2.24) is 10.6 Å². The molecular weight excluding hydrogens is 346 g/mol. The summed E-state index contributed by atoms with van der Waals surface area (Å²) in [6.45, 7) is -2.26. The van der Waals surface area contributed by atoms with E-state index in [2.05, 4.69) is 20.4 Å². The number of alkyl halides is 2. The summed E-state index contributed by atoms with van der Waals surface area (Å²) in [5.74, 6) is 0.552. The van der Waals surface area contributed by atoms with E-state index in [1.54, 1.807) is 37.4 Å². The van der Waals surface area contributed by atoms with Crippen LogP contribution >= 0.6 is 0 Å². The molecule has 0 bridgehead atoms. The minimum Gasteiger partial charge on any atom is -0.434 e. The SMILES string of the molecule is CN=C(NCc1ccc([N+](=O)[O-])cc1)NCc1ccccc1OC(F)F. The quantitative estimate of drug-likeness (QED) is 0.341. The first kappa shape index (κ1) is 19.1. The second-order valence-electron chi connectivity index (χ2n) is 5.19. The molecule has 2 aromatic carbocycles. The highest BCUT2D eigenvalue weighted by Crippen LogP contribution is 2.19. The second-order valence-corrected chi connectivity index (χ2v) is 5.19. The van der Waals surface area contributed by atoms with Crippen LogP contribution in [0.5, 0.6) is 5.75 Å². The number of ether oxygens (including phenoxy) is 1. The zero-order valence-electron chi connectivity index (χ0n) is 14.0. The number of benzene rings is 2. The molecule has 0 aliphatic heterocycles. The molecule has 0 aliphatic rings. The van der Waals surface area contributed by atoms with Gasteiger partial charge in [-0.2, -0.15) is 8.78 Å². The van der Waals surface area contributed by atoms with E-state index in [0.29, 0.717) is 18.1 Å². The van der Waals surface area contributed by atoms with Gasteiger partial charge in [-0.3, -0.25) is 15.1 Å². The summed E-state index contributed by atoms with van der Waals surface area (Å²) >= 11 is 0. The largest absolute Gasteiger partial charge is 0.434 e. The third-order valence-corrected chi connectivity index (χ3v) is 3.47. The molecule has 138 valence electrons. The van der Waals surface area contributed by atoms with Crippen LogP contribution in [-0.4, -0.2) is 24.5 Å². The van der Waals surface area contributed by atoms with Crippen LogP contribution in [-0.2, 0) is 13.1 Å². The molecule has 9 heteroatoms. The van der Waals surface area contributed by atoms with Gasteiger partial charge in [-0.15, -0.1) is 0 Å². The second kappa shape index (κ2) is 9.30. The molecule has 0 fully saturated rings. The highest BCUT2D eigenvalue weighted by molar-refractivity contribution is 5.79. The lowest BCUT2D eigenvalue weighted by molar-refractivity contribution is -0.384. The van der Waals surface area contributed by atoms with E-state index in [9.17, 15) is 18.9 Å². The molecule has 0 saturated heterocycles. The fraction of sp³-hybridized carbons (Fsp3) is 0.235. The average Bonchev–Trinajstić information content (AvgIpc) is 2.63. The maximum absolute atomic E-state index is 12.4. The number of aliphatic imine (C=N–C) groups is 1. The number of nitrogens with zero attached hydrogens (tertiary/aromatic N) is 2. The average molecular weight is 364 g/mol. The number of non-ortho nitro benzene ring substituents is 1. The zero-order chi connectivity index (χ0) is 18.9. The number of hydrogen-bond acceptors (Lipinski definition) is 4. The van der Waals surface area contributed by atoms with Crippen molar-refractivity contribution in [2.24, 2.45) is 4.99 Å². The fourth-order valence-corrected chi connectivity index (χ4v) is 2.18. The van der Waals surface area contributed by atoms with Crippen LogP contribution in [0.25, 0.3) is 0 Å². The normalized spacial score (nSPS) is 11.3. The number of nitro benzene ring substituents is 1. The molecule has 0 amide bonds. The monoisotopic (exact) mass is 364 g/mol. The summed E-state index contributed by atoms with van der Waals surface area (Å²) in [7, 11) is 1.58. The summed E-state index contributed by atoms with van der Waals surface area (Å²) in [6.07, 6.45) is 0. The third-order valence-electron chi connectivity index (χ3n) is 3.47. The molecule has 2 N–H and O–H groups in total. The number of guanidine groups is 1. The Balaban J connectivity index is 1.91. The van der Waals surface area contributed by atoms with Crippen LogP contribution in [0, 0.1) is 10.1 Å². The van der Waals surface area contributed by atoms with Crippen LogP contribution in [0.2, 0.25) is 0 Å². The lowest BCUT2D eigenvalue weighted by Gasteiger charge is -2.14. The van der Waals surface area contributed by atoms with Gasteiger partial charge in [0, 0.05) is 37.8 Å². The highest BCUT2D eigenvalue weighted by atomic mass is 19.3. The summed E-state index contributed by atoms with van der Waals surface area (Å²) in [5, 5.41) is 16.7. The van der Waals surface area contributed by atoms with Crippen LogP contribution in [0.15, 0.2) is 53.5 Å². The van der Waals surface area contributed by atoms with Gasteiger partial charge in [-0.05, 0) is 11.6 Å². The molecule has 2 aromatic rings.